The number of amides is 1. The molecule has 1 N–H and O–H groups in total. The third-order valence-corrected chi connectivity index (χ3v) is 5.61. The minimum Gasteiger partial charge on any atom is -0.436 e. The summed E-state index contributed by atoms with van der Waals surface area (Å²) in [6, 6.07) is 20.3. The van der Waals surface area contributed by atoms with E-state index in [-0.39, 0.29) is 5.91 Å². The summed E-state index contributed by atoms with van der Waals surface area (Å²) in [6.07, 6.45) is 0. The third kappa shape index (κ3) is 2.33. The van der Waals surface area contributed by atoms with Crippen LogP contribution in [-0.2, 0) is 19.6 Å². The molecular weight excluding hydrogens is 350 g/mol. The Morgan fingerprint density at radius 1 is 0.929 bits per heavy atom. The fraction of sp³-hybridized carbons (Fsp3) is 0.130. The lowest BCUT2D eigenvalue weighted by atomic mass is 10.1. The van der Waals surface area contributed by atoms with Gasteiger partial charge >= 0.3 is 0 Å². The first-order chi connectivity index (χ1) is 13.7. The number of oxazole rings is 1. The zero-order chi connectivity index (χ0) is 18.7. The van der Waals surface area contributed by atoms with Gasteiger partial charge in [-0.3, -0.25) is 4.79 Å². The average molecular weight is 367 g/mol. The molecule has 3 heterocycles. The predicted octanol–water partition coefficient (Wildman–Crippen LogP) is 4.26. The van der Waals surface area contributed by atoms with E-state index in [4.69, 9.17) is 4.42 Å². The third-order valence-electron chi connectivity index (χ3n) is 5.61. The van der Waals surface area contributed by atoms with E-state index in [1.165, 1.54) is 11.1 Å². The number of nitrogens with one attached hydrogen (secondary N) is 1. The topological polar surface area (TPSA) is 58.4 Å². The van der Waals surface area contributed by atoms with Gasteiger partial charge in [0.05, 0.1) is 0 Å². The standard InChI is InChI=1S/C23H17N3O2/c27-22-19-8-7-18(10-16(19)11-24-22)26-12-15-6-5-14(9-17(15)13-26)23-25-20-3-1-2-4-21(20)28-23/h1-10H,11-13H2,(H,24,27). The van der Waals surface area contributed by atoms with Crippen LogP contribution in [0, 0.1) is 0 Å². The van der Waals surface area contributed by atoms with Gasteiger partial charge in [0, 0.05) is 36.4 Å². The van der Waals surface area contributed by atoms with Crippen molar-refractivity contribution < 1.29 is 9.21 Å². The minimum absolute atomic E-state index is 0.0224. The lowest BCUT2D eigenvalue weighted by Crippen LogP contribution is -2.14. The van der Waals surface area contributed by atoms with Gasteiger partial charge in [0.1, 0.15) is 5.52 Å². The Kier molecular flexibility index (Phi) is 3.14. The van der Waals surface area contributed by atoms with E-state index in [0.717, 1.165) is 46.6 Å². The summed E-state index contributed by atoms with van der Waals surface area (Å²) in [5, 5.41) is 2.88. The Morgan fingerprint density at radius 2 is 1.82 bits per heavy atom. The highest BCUT2D eigenvalue weighted by Gasteiger charge is 2.24. The van der Waals surface area contributed by atoms with Crippen LogP contribution in [-0.4, -0.2) is 10.9 Å². The van der Waals surface area contributed by atoms with E-state index in [2.05, 4.69) is 39.5 Å². The number of carbonyl (C=O) groups excluding carboxylic acids is 1. The van der Waals surface area contributed by atoms with Crippen LogP contribution >= 0.6 is 0 Å². The maximum atomic E-state index is 11.8. The van der Waals surface area contributed by atoms with Crippen molar-refractivity contribution in [1.29, 1.82) is 0 Å². The second kappa shape index (κ2) is 5.70. The molecule has 4 aromatic rings. The van der Waals surface area contributed by atoms with E-state index in [1.54, 1.807) is 0 Å². The zero-order valence-electron chi connectivity index (χ0n) is 15.1. The van der Waals surface area contributed by atoms with Gasteiger partial charge in [-0.1, -0.05) is 18.2 Å². The molecule has 0 fully saturated rings. The first-order valence-electron chi connectivity index (χ1n) is 9.38. The normalized spacial score (nSPS) is 15.0. The number of nitrogens with zero attached hydrogens (tertiary/aromatic N) is 2. The molecule has 136 valence electrons. The number of aromatic nitrogens is 1. The molecule has 0 unspecified atom stereocenters. The molecule has 0 bridgehead atoms. The van der Waals surface area contributed by atoms with Crippen molar-refractivity contribution in [3.05, 3.63) is 82.9 Å². The predicted molar refractivity (Wildman–Crippen MR) is 107 cm³/mol. The number of rotatable bonds is 2. The molecular formula is C23H17N3O2. The Hall–Kier alpha value is -3.60. The number of fused-ring (bicyclic) bond motifs is 3. The summed E-state index contributed by atoms with van der Waals surface area (Å²) in [5.41, 5.74) is 8.30. The number of carbonyl (C=O) groups is 1. The van der Waals surface area contributed by atoms with Gasteiger partial charge in [0.2, 0.25) is 5.89 Å². The van der Waals surface area contributed by atoms with Crippen molar-refractivity contribution in [2.45, 2.75) is 19.6 Å². The highest BCUT2D eigenvalue weighted by molar-refractivity contribution is 5.98. The molecule has 1 amide bonds. The van der Waals surface area contributed by atoms with E-state index < -0.39 is 0 Å². The van der Waals surface area contributed by atoms with E-state index in [9.17, 15) is 4.79 Å². The van der Waals surface area contributed by atoms with Crippen LogP contribution in [0.3, 0.4) is 0 Å². The van der Waals surface area contributed by atoms with Crippen LogP contribution in [0.25, 0.3) is 22.6 Å². The van der Waals surface area contributed by atoms with E-state index in [0.29, 0.717) is 12.4 Å². The molecule has 6 rings (SSSR count). The quantitative estimate of drug-likeness (QED) is 0.575. The summed E-state index contributed by atoms with van der Waals surface area (Å²) in [4.78, 5) is 18.7. The smallest absolute Gasteiger partial charge is 0.251 e. The maximum absolute atomic E-state index is 11.8. The summed E-state index contributed by atoms with van der Waals surface area (Å²) < 4.78 is 5.92. The largest absolute Gasteiger partial charge is 0.436 e. The van der Waals surface area contributed by atoms with Crippen LogP contribution in [0.1, 0.15) is 27.0 Å². The molecule has 5 nitrogen and oxygen atoms in total. The summed E-state index contributed by atoms with van der Waals surface area (Å²) in [7, 11) is 0. The second-order valence-electron chi connectivity index (χ2n) is 7.35. The van der Waals surface area contributed by atoms with Crippen LogP contribution in [0.2, 0.25) is 0 Å². The lowest BCUT2D eigenvalue weighted by Gasteiger charge is -2.18. The Balaban J connectivity index is 1.31. The van der Waals surface area contributed by atoms with Crippen molar-refractivity contribution in [1.82, 2.24) is 10.3 Å². The number of hydrogen-bond acceptors (Lipinski definition) is 4. The molecule has 2 aliphatic heterocycles. The second-order valence-corrected chi connectivity index (χ2v) is 7.35. The summed E-state index contributed by atoms with van der Waals surface area (Å²) in [6.45, 7) is 2.32. The van der Waals surface area contributed by atoms with Gasteiger partial charge in [-0.25, -0.2) is 4.98 Å². The van der Waals surface area contributed by atoms with Crippen LogP contribution in [0.4, 0.5) is 5.69 Å². The number of benzene rings is 3. The molecule has 0 radical (unpaired) electrons. The van der Waals surface area contributed by atoms with Crippen LogP contribution < -0.4 is 10.2 Å². The molecule has 2 aliphatic rings. The van der Waals surface area contributed by atoms with Gasteiger partial charge in [-0.2, -0.15) is 0 Å². The Labute approximate surface area is 161 Å². The maximum Gasteiger partial charge on any atom is 0.251 e. The fourth-order valence-electron chi connectivity index (χ4n) is 4.12. The zero-order valence-corrected chi connectivity index (χ0v) is 15.1. The van der Waals surface area contributed by atoms with Crippen molar-refractivity contribution in [3.63, 3.8) is 0 Å². The van der Waals surface area contributed by atoms with Crippen molar-refractivity contribution in [3.8, 4) is 11.5 Å². The van der Waals surface area contributed by atoms with Crippen LogP contribution in [0.15, 0.2) is 65.1 Å². The molecule has 28 heavy (non-hydrogen) atoms. The Morgan fingerprint density at radius 3 is 2.75 bits per heavy atom. The van der Waals surface area contributed by atoms with Gasteiger partial charge in [0.25, 0.3) is 5.91 Å². The van der Waals surface area contributed by atoms with Gasteiger partial charge < -0.3 is 14.6 Å². The number of hydrogen-bond donors (Lipinski definition) is 1. The van der Waals surface area contributed by atoms with E-state index >= 15 is 0 Å². The first-order valence-corrected chi connectivity index (χ1v) is 9.38. The van der Waals surface area contributed by atoms with Crippen molar-refractivity contribution >= 4 is 22.7 Å². The Bertz CT molecular complexity index is 1220. The average Bonchev–Trinajstić information content (AvgIpc) is 3.43. The highest BCUT2D eigenvalue weighted by Crippen LogP contribution is 2.33. The molecule has 0 atom stereocenters. The van der Waals surface area contributed by atoms with Crippen molar-refractivity contribution in [2.75, 3.05) is 4.90 Å². The SMILES string of the molecule is O=C1NCc2cc(N3Cc4ccc(-c5nc6ccccc6o5)cc4C3)ccc21. The van der Waals surface area contributed by atoms with Gasteiger partial charge in [-0.05, 0) is 59.2 Å². The monoisotopic (exact) mass is 367 g/mol. The fourth-order valence-corrected chi connectivity index (χ4v) is 4.12. The van der Waals surface area contributed by atoms with Gasteiger partial charge in [0.15, 0.2) is 5.58 Å². The van der Waals surface area contributed by atoms with Crippen molar-refractivity contribution in [2.24, 2.45) is 0 Å². The number of para-hydroxylation sites is 2. The molecule has 3 aromatic carbocycles. The van der Waals surface area contributed by atoms with Gasteiger partial charge in [-0.15, -0.1) is 0 Å². The molecule has 0 aliphatic carbocycles. The summed E-state index contributed by atoms with van der Waals surface area (Å²) >= 11 is 0. The number of anilines is 1. The molecule has 0 saturated heterocycles. The first kappa shape index (κ1) is 15.5. The van der Waals surface area contributed by atoms with Crippen LogP contribution in [0.5, 0.6) is 0 Å². The highest BCUT2D eigenvalue weighted by atomic mass is 16.3. The molecule has 5 heteroatoms. The lowest BCUT2D eigenvalue weighted by molar-refractivity contribution is 0.0966. The minimum atomic E-state index is 0.0224. The van der Waals surface area contributed by atoms with E-state index in [1.807, 2.05) is 36.4 Å². The summed E-state index contributed by atoms with van der Waals surface area (Å²) in [5.74, 6) is 0.679. The molecule has 1 aromatic heterocycles. The molecule has 0 saturated carbocycles. The molecule has 0 spiro atoms.